The fraction of sp³-hybridized carbons (Fsp3) is 0.143. The Kier molecular flexibility index (Phi) is 4.34. The van der Waals surface area contributed by atoms with E-state index in [4.69, 9.17) is 4.74 Å². The van der Waals surface area contributed by atoms with Gasteiger partial charge in [-0.2, -0.15) is 0 Å². The van der Waals surface area contributed by atoms with E-state index < -0.39 is 4.92 Å². The van der Waals surface area contributed by atoms with Gasteiger partial charge in [0.1, 0.15) is 18.2 Å². The Balaban J connectivity index is 2.13. The summed E-state index contributed by atoms with van der Waals surface area (Å²) in [4.78, 5) is 10.2. The maximum absolute atomic E-state index is 13.0. The summed E-state index contributed by atoms with van der Waals surface area (Å²) in [7, 11) is 0. The third kappa shape index (κ3) is 3.33. The van der Waals surface area contributed by atoms with E-state index in [1.165, 1.54) is 24.3 Å². The molecule has 0 aliphatic carbocycles. The van der Waals surface area contributed by atoms with Gasteiger partial charge in [0.05, 0.1) is 4.92 Å². The van der Waals surface area contributed by atoms with Gasteiger partial charge in [-0.05, 0) is 30.7 Å². The molecule has 0 atom stereocenters. The molecule has 0 unspecified atom stereocenters. The third-order valence-corrected chi connectivity index (χ3v) is 3.51. The molecule has 0 saturated heterocycles. The van der Waals surface area contributed by atoms with E-state index in [1.54, 1.807) is 19.1 Å². The van der Waals surface area contributed by atoms with E-state index in [2.05, 4.69) is 15.9 Å². The predicted molar refractivity (Wildman–Crippen MR) is 76.3 cm³/mol. The van der Waals surface area contributed by atoms with Crippen LogP contribution in [0.5, 0.6) is 5.75 Å². The fourth-order valence-corrected chi connectivity index (χ4v) is 2.17. The molecule has 4 nitrogen and oxygen atoms in total. The van der Waals surface area contributed by atoms with Crippen molar-refractivity contribution in [3.63, 3.8) is 0 Å². The molecule has 0 aliphatic rings. The number of nitro groups is 1. The van der Waals surface area contributed by atoms with Gasteiger partial charge in [0.15, 0.2) is 0 Å². The van der Waals surface area contributed by atoms with Gasteiger partial charge >= 0.3 is 0 Å². The molecule has 0 aromatic heterocycles. The molecule has 2 aromatic carbocycles. The van der Waals surface area contributed by atoms with Crippen molar-refractivity contribution in [1.29, 1.82) is 0 Å². The first kappa shape index (κ1) is 14.5. The smallest absolute Gasteiger partial charge is 0.269 e. The van der Waals surface area contributed by atoms with E-state index in [0.717, 1.165) is 5.56 Å². The van der Waals surface area contributed by atoms with Crippen LogP contribution in [0.15, 0.2) is 40.9 Å². The van der Waals surface area contributed by atoms with Crippen LogP contribution in [0.4, 0.5) is 10.1 Å². The Morgan fingerprint density at radius 1 is 1.30 bits per heavy atom. The number of nitrogens with zero attached hydrogens (tertiary/aromatic N) is 1. The van der Waals surface area contributed by atoms with Crippen molar-refractivity contribution < 1.29 is 14.1 Å². The second-order valence-corrected chi connectivity index (χ2v) is 5.09. The number of ether oxygens (including phenoxy) is 1. The van der Waals surface area contributed by atoms with Gasteiger partial charge in [0.25, 0.3) is 5.69 Å². The predicted octanol–water partition coefficient (Wildman–Crippen LogP) is 4.38. The van der Waals surface area contributed by atoms with Gasteiger partial charge in [-0.1, -0.05) is 22.0 Å². The van der Waals surface area contributed by atoms with Gasteiger partial charge in [-0.3, -0.25) is 10.1 Å². The van der Waals surface area contributed by atoms with Crippen molar-refractivity contribution in [1.82, 2.24) is 0 Å². The molecule has 0 radical (unpaired) electrons. The van der Waals surface area contributed by atoms with E-state index in [9.17, 15) is 14.5 Å². The van der Waals surface area contributed by atoms with Crippen LogP contribution in [0.1, 0.15) is 11.1 Å². The highest BCUT2D eigenvalue weighted by atomic mass is 79.9. The van der Waals surface area contributed by atoms with Crippen molar-refractivity contribution in [2.45, 2.75) is 13.5 Å². The minimum Gasteiger partial charge on any atom is -0.489 e. The summed E-state index contributed by atoms with van der Waals surface area (Å²) in [6, 6.07) is 8.75. The molecule has 0 heterocycles. The van der Waals surface area contributed by atoms with Crippen LogP contribution in [-0.4, -0.2) is 4.92 Å². The largest absolute Gasteiger partial charge is 0.489 e. The molecule has 6 heteroatoms. The molecule has 104 valence electrons. The lowest BCUT2D eigenvalue weighted by molar-refractivity contribution is -0.384. The minimum absolute atomic E-state index is 0.0258. The van der Waals surface area contributed by atoms with E-state index in [-0.39, 0.29) is 18.1 Å². The van der Waals surface area contributed by atoms with Crippen molar-refractivity contribution in [3.8, 4) is 5.75 Å². The van der Waals surface area contributed by atoms with Crippen LogP contribution < -0.4 is 4.74 Å². The number of aryl methyl sites for hydroxylation is 1. The highest BCUT2D eigenvalue weighted by Gasteiger charge is 2.09. The average molecular weight is 340 g/mol. The Morgan fingerprint density at radius 2 is 2.05 bits per heavy atom. The Bertz CT molecular complexity index is 661. The normalized spacial score (nSPS) is 10.3. The van der Waals surface area contributed by atoms with Crippen molar-refractivity contribution in [2.24, 2.45) is 0 Å². The summed E-state index contributed by atoms with van der Waals surface area (Å²) in [6.07, 6.45) is 0. The Morgan fingerprint density at radius 3 is 2.65 bits per heavy atom. The van der Waals surface area contributed by atoms with Crippen LogP contribution in [0.3, 0.4) is 0 Å². The minimum atomic E-state index is -0.451. The molecule has 0 amide bonds. The highest BCUT2D eigenvalue weighted by Crippen LogP contribution is 2.25. The first-order valence-electron chi connectivity index (χ1n) is 5.79. The van der Waals surface area contributed by atoms with Crippen LogP contribution in [0.2, 0.25) is 0 Å². The van der Waals surface area contributed by atoms with E-state index >= 15 is 0 Å². The number of benzene rings is 2. The summed E-state index contributed by atoms with van der Waals surface area (Å²) in [5.41, 5.74) is 1.50. The van der Waals surface area contributed by atoms with Gasteiger partial charge in [0.2, 0.25) is 0 Å². The Labute approximate surface area is 123 Å². The lowest BCUT2D eigenvalue weighted by Gasteiger charge is -2.10. The summed E-state index contributed by atoms with van der Waals surface area (Å²) < 4.78 is 19.2. The van der Waals surface area contributed by atoms with Crippen molar-refractivity contribution in [3.05, 3.63) is 67.9 Å². The molecule has 0 saturated carbocycles. The molecule has 20 heavy (non-hydrogen) atoms. The van der Waals surface area contributed by atoms with Crippen LogP contribution in [0.25, 0.3) is 0 Å². The molecule has 0 fully saturated rings. The maximum Gasteiger partial charge on any atom is 0.269 e. The summed E-state index contributed by atoms with van der Waals surface area (Å²) in [5.74, 6) is 0.235. The zero-order valence-corrected chi connectivity index (χ0v) is 12.2. The summed E-state index contributed by atoms with van der Waals surface area (Å²) in [6.45, 7) is 1.99. The Hall–Kier alpha value is -1.95. The lowest BCUT2D eigenvalue weighted by Crippen LogP contribution is -1.99. The van der Waals surface area contributed by atoms with Crippen molar-refractivity contribution >= 4 is 21.6 Å². The van der Waals surface area contributed by atoms with Gasteiger partial charge in [0, 0.05) is 22.2 Å². The third-order valence-electron chi connectivity index (χ3n) is 2.77. The van der Waals surface area contributed by atoms with Gasteiger partial charge < -0.3 is 4.74 Å². The first-order valence-corrected chi connectivity index (χ1v) is 6.58. The van der Waals surface area contributed by atoms with Crippen LogP contribution >= 0.6 is 15.9 Å². The highest BCUT2D eigenvalue weighted by molar-refractivity contribution is 9.10. The fourth-order valence-electron chi connectivity index (χ4n) is 1.70. The summed E-state index contributed by atoms with van der Waals surface area (Å²) in [5, 5.41) is 10.6. The molecule has 0 N–H and O–H groups in total. The number of halogens is 2. The molecule has 2 aromatic rings. The molecule has 0 aliphatic heterocycles. The quantitative estimate of drug-likeness (QED) is 0.613. The standard InChI is InChI=1S/C14H11BrFNO3/c1-9-6-12(17(18)19)4-5-14(9)20-8-10-2-3-11(16)7-13(10)15/h2-7H,8H2,1H3. The molecule has 2 rings (SSSR count). The maximum atomic E-state index is 13.0. The number of non-ortho nitro benzene ring substituents is 1. The van der Waals surface area contributed by atoms with Crippen LogP contribution in [0, 0.1) is 22.9 Å². The summed E-state index contributed by atoms with van der Waals surface area (Å²) >= 11 is 3.26. The average Bonchev–Trinajstić information content (AvgIpc) is 2.38. The van der Waals surface area contributed by atoms with Gasteiger partial charge in [-0.15, -0.1) is 0 Å². The number of hydrogen-bond acceptors (Lipinski definition) is 3. The van der Waals surface area contributed by atoms with Crippen LogP contribution in [-0.2, 0) is 6.61 Å². The number of nitro benzene ring substituents is 1. The monoisotopic (exact) mass is 339 g/mol. The zero-order chi connectivity index (χ0) is 14.7. The topological polar surface area (TPSA) is 52.4 Å². The zero-order valence-electron chi connectivity index (χ0n) is 10.6. The number of rotatable bonds is 4. The SMILES string of the molecule is Cc1cc([N+](=O)[O-])ccc1OCc1ccc(F)cc1Br. The first-order chi connectivity index (χ1) is 9.47. The van der Waals surface area contributed by atoms with E-state index in [0.29, 0.717) is 15.8 Å². The van der Waals surface area contributed by atoms with Gasteiger partial charge in [-0.25, -0.2) is 4.39 Å². The van der Waals surface area contributed by atoms with E-state index in [1.807, 2.05) is 0 Å². The second-order valence-electron chi connectivity index (χ2n) is 4.23. The lowest BCUT2D eigenvalue weighted by atomic mass is 10.2. The molecular weight excluding hydrogens is 329 g/mol. The molecule has 0 spiro atoms. The van der Waals surface area contributed by atoms with Crippen molar-refractivity contribution in [2.75, 3.05) is 0 Å². The molecular formula is C14H11BrFNO3. The second kappa shape index (κ2) is 6.00. The number of hydrogen-bond donors (Lipinski definition) is 0. The molecule has 0 bridgehead atoms.